The number of likely N-dealkylation sites (N-methyl/N-ethyl adjacent to an activating group) is 1. The van der Waals surface area contributed by atoms with Crippen molar-refractivity contribution < 1.29 is 9.59 Å². The zero-order valence-corrected chi connectivity index (χ0v) is 10.6. The van der Waals surface area contributed by atoms with Crippen molar-refractivity contribution in [2.24, 2.45) is 0 Å². The quantitative estimate of drug-likeness (QED) is 0.748. The molecule has 3 rings (SSSR count). The Bertz CT molecular complexity index is 546. The Morgan fingerprint density at radius 1 is 1.39 bits per heavy atom. The van der Waals surface area contributed by atoms with E-state index in [0.717, 1.165) is 0 Å². The van der Waals surface area contributed by atoms with Crippen LogP contribution in [-0.2, 0) is 9.59 Å². The first-order valence-corrected chi connectivity index (χ1v) is 6.08. The minimum absolute atomic E-state index is 0.0923. The lowest BCUT2D eigenvalue weighted by Crippen LogP contribution is -2.63. The lowest BCUT2D eigenvalue weighted by atomic mass is 10.0. The Morgan fingerprint density at radius 3 is 2.94 bits per heavy atom. The maximum absolute atomic E-state index is 12.2. The van der Waals surface area contributed by atoms with Gasteiger partial charge in [-0.1, -0.05) is 17.7 Å². The van der Waals surface area contributed by atoms with E-state index >= 15 is 0 Å². The van der Waals surface area contributed by atoms with Crippen LogP contribution in [0.1, 0.15) is 0 Å². The number of halogens is 1. The number of fused-ring (bicyclic) bond motifs is 3. The van der Waals surface area contributed by atoms with E-state index in [1.54, 1.807) is 30.1 Å². The molecule has 2 heterocycles. The summed E-state index contributed by atoms with van der Waals surface area (Å²) in [6.45, 7) is 0.692. The van der Waals surface area contributed by atoms with Crippen LogP contribution in [0.4, 0.5) is 11.4 Å². The van der Waals surface area contributed by atoms with E-state index in [1.165, 1.54) is 4.90 Å². The SMILES string of the molecule is CN1C(=O)C2CNCC(=O)N2c2c(Cl)cccc21. The summed E-state index contributed by atoms with van der Waals surface area (Å²) >= 11 is 6.19. The smallest absolute Gasteiger partial charge is 0.251 e. The van der Waals surface area contributed by atoms with Gasteiger partial charge in [-0.05, 0) is 12.1 Å². The van der Waals surface area contributed by atoms with Gasteiger partial charge in [0.05, 0.1) is 22.9 Å². The molecule has 1 unspecified atom stereocenters. The normalized spacial score (nSPS) is 22.9. The first-order valence-electron chi connectivity index (χ1n) is 5.70. The molecule has 2 aliphatic rings. The highest BCUT2D eigenvalue weighted by atomic mass is 35.5. The molecule has 1 saturated heterocycles. The monoisotopic (exact) mass is 265 g/mol. The fourth-order valence-electron chi connectivity index (χ4n) is 2.50. The molecule has 0 saturated carbocycles. The highest BCUT2D eigenvalue weighted by Gasteiger charge is 2.42. The number of hydrogen-bond donors (Lipinski definition) is 1. The molecule has 18 heavy (non-hydrogen) atoms. The summed E-state index contributed by atoms with van der Waals surface area (Å²) in [5.74, 6) is -0.215. The number of carbonyl (C=O) groups excluding carboxylic acids is 2. The van der Waals surface area contributed by atoms with Crippen LogP contribution in [0.15, 0.2) is 18.2 Å². The molecule has 0 radical (unpaired) electrons. The van der Waals surface area contributed by atoms with Crippen molar-refractivity contribution in [3.8, 4) is 0 Å². The van der Waals surface area contributed by atoms with Gasteiger partial charge in [0.25, 0.3) is 5.91 Å². The third kappa shape index (κ3) is 1.44. The highest BCUT2D eigenvalue weighted by molar-refractivity contribution is 6.35. The van der Waals surface area contributed by atoms with Crippen molar-refractivity contribution in [1.29, 1.82) is 0 Å². The number of nitrogens with zero attached hydrogens (tertiary/aromatic N) is 2. The zero-order chi connectivity index (χ0) is 12.9. The average molecular weight is 266 g/mol. The summed E-state index contributed by atoms with van der Waals surface area (Å²) in [7, 11) is 1.70. The summed E-state index contributed by atoms with van der Waals surface area (Å²) in [4.78, 5) is 27.3. The third-order valence-electron chi connectivity index (χ3n) is 3.38. The lowest BCUT2D eigenvalue weighted by Gasteiger charge is -2.43. The molecule has 1 aromatic rings. The van der Waals surface area contributed by atoms with Gasteiger partial charge in [-0.25, -0.2) is 0 Å². The molecular weight excluding hydrogens is 254 g/mol. The van der Waals surface area contributed by atoms with Crippen LogP contribution in [0.25, 0.3) is 0 Å². The molecule has 94 valence electrons. The number of benzene rings is 1. The van der Waals surface area contributed by atoms with Crippen molar-refractivity contribution in [2.75, 3.05) is 29.9 Å². The van der Waals surface area contributed by atoms with E-state index in [2.05, 4.69) is 5.32 Å². The van der Waals surface area contributed by atoms with Crippen LogP contribution in [-0.4, -0.2) is 38.0 Å². The second kappa shape index (κ2) is 3.96. The largest absolute Gasteiger partial charge is 0.312 e. The molecule has 0 spiro atoms. The van der Waals surface area contributed by atoms with Crippen molar-refractivity contribution in [3.63, 3.8) is 0 Å². The van der Waals surface area contributed by atoms with E-state index in [9.17, 15) is 9.59 Å². The second-order valence-corrected chi connectivity index (χ2v) is 4.82. The Hall–Kier alpha value is -1.59. The molecule has 0 bridgehead atoms. The molecule has 1 aromatic carbocycles. The number of anilines is 2. The minimum Gasteiger partial charge on any atom is -0.312 e. The molecule has 1 N–H and O–H groups in total. The van der Waals surface area contributed by atoms with E-state index < -0.39 is 6.04 Å². The van der Waals surface area contributed by atoms with E-state index in [1.807, 2.05) is 0 Å². The highest BCUT2D eigenvalue weighted by Crippen LogP contribution is 2.41. The fourth-order valence-corrected chi connectivity index (χ4v) is 2.76. The summed E-state index contributed by atoms with van der Waals surface area (Å²) in [6, 6.07) is 4.81. The molecule has 2 aliphatic heterocycles. The summed E-state index contributed by atoms with van der Waals surface area (Å²) in [6.07, 6.45) is 0. The first kappa shape index (κ1) is 11.5. The predicted octanol–water partition coefficient (Wildman–Crippen LogP) is 0.621. The fraction of sp³-hybridized carbons (Fsp3) is 0.333. The van der Waals surface area contributed by atoms with Gasteiger partial charge in [0.2, 0.25) is 5.91 Å². The Balaban J connectivity index is 2.22. The van der Waals surface area contributed by atoms with Gasteiger partial charge in [-0.15, -0.1) is 0 Å². The van der Waals surface area contributed by atoms with Crippen LogP contribution in [0.5, 0.6) is 0 Å². The minimum atomic E-state index is -0.497. The van der Waals surface area contributed by atoms with Crippen molar-refractivity contribution in [2.45, 2.75) is 6.04 Å². The summed E-state index contributed by atoms with van der Waals surface area (Å²) < 4.78 is 0. The molecule has 1 fully saturated rings. The first-order chi connectivity index (χ1) is 8.61. The van der Waals surface area contributed by atoms with Crippen LogP contribution in [0, 0.1) is 0 Å². The number of para-hydroxylation sites is 1. The third-order valence-corrected chi connectivity index (χ3v) is 3.68. The van der Waals surface area contributed by atoms with Crippen LogP contribution < -0.4 is 15.1 Å². The van der Waals surface area contributed by atoms with Gasteiger partial charge in [0.1, 0.15) is 6.04 Å². The molecule has 6 heteroatoms. The lowest BCUT2D eigenvalue weighted by molar-refractivity contribution is -0.126. The van der Waals surface area contributed by atoms with Gasteiger partial charge >= 0.3 is 0 Å². The van der Waals surface area contributed by atoms with E-state index in [4.69, 9.17) is 11.6 Å². The van der Waals surface area contributed by atoms with E-state index in [0.29, 0.717) is 22.9 Å². The van der Waals surface area contributed by atoms with Crippen molar-refractivity contribution in [3.05, 3.63) is 23.2 Å². The standard InChI is InChI=1S/C12H12ClN3O2/c1-15-8-4-2-3-7(13)11(8)16-9(12(15)18)5-14-6-10(16)17/h2-4,9,14H,5-6H2,1H3. The number of rotatable bonds is 0. The van der Waals surface area contributed by atoms with Crippen LogP contribution in [0.3, 0.4) is 0 Å². The maximum Gasteiger partial charge on any atom is 0.251 e. The number of carbonyl (C=O) groups is 2. The van der Waals surface area contributed by atoms with Gasteiger partial charge in [-0.3, -0.25) is 14.5 Å². The van der Waals surface area contributed by atoms with Gasteiger partial charge in [0, 0.05) is 13.6 Å². The van der Waals surface area contributed by atoms with Gasteiger partial charge < -0.3 is 10.2 Å². The zero-order valence-electron chi connectivity index (χ0n) is 9.81. The molecule has 0 aliphatic carbocycles. The van der Waals surface area contributed by atoms with Crippen LogP contribution >= 0.6 is 11.6 Å². The van der Waals surface area contributed by atoms with Crippen LogP contribution in [0.2, 0.25) is 5.02 Å². The second-order valence-electron chi connectivity index (χ2n) is 4.42. The Kier molecular flexibility index (Phi) is 2.53. The average Bonchev–Trinajstić information content (AvgIpc) is 2.36. The topological polar surface area (TPSA) is 52.7 Å². The van der Waals surface area contributed by atoms with Crippen molar-refractivity contribution >= 4 is 34.8 Å². The summed E-state index contributed by atoms with van der Waals surface area (Å²) in [5, 5.41) is 3.45. The molecule has 1 atom stereocenters. The number of amides is 2. The van der Waals surface area contributed by atoms with Gasteiger partial charge in [0.15, 0.2) is 0 Å². The maximum atomic E-state index is 12.2. The molecule has 2 amide bonds. The molecule has 0 aromatic heterocycles. The molecular formula is C12H12ClN3O2. The number of nitrogens with one attached hydrogen (secondary N) is 1. The molecule has 5 nitrogen and oxygen atoms in total. The van der Waals surface area contributed by atoms with Gasteiger partial charge in [-0.2, -0.15) is 0 Å². The van der Waals surface area contributed by atoms with Crippen molar-refractivity contribution in [1.82, 2.24) is 5.32 Å². The number of piperazine rings is 1. The van der Waals surface area contributed by atoms with E-state index in [-0.39, 0.29) is 18.4 Å². The Morgan fingerprint density at radius 2 is 2.17 bits per heavy atom. The predicted molar refractivity (Wildman–Crippen MR) is 69.0 cm³/mol. The number of hydrogen-bond acceptors (Lipinski definition) is 3. The summed E-state index contributed by atoms with van der Waals surface area (Å²) in [5.41, 5.74) is 1.32. The Labute approximate surface area is 109 Å².